The minimum absolute atomic E-state index is 0.0174. The van der Waals surface area contributed by atoms with Crippen LogP contribution < -0.4 is 0 Å². The van der Waals surface area contributed by atoms with Crippen LogP contribution in [0.5, 0.6) is 0 Å². The summed E-state index contributed by atoms with van der Waals surface area (Å²) in [6.07, 6.45) is 18.9. The lowest BCUT2D eigenvalue weighted by molar-refractivity contribution is -0.140. The van der Waals surface area contributed by atoms with Crippen molar-refractivity contribution in [1.82, 2.24) is 0 Å². The maximum Gasteiger partial charge on any atom is 0.481 e. The first-order chi connectivity index (χ1) is 18.3. The van der Waals surface area contributed by atoms with E-state index in [1.54, 1.807) is 0 Å². The van der Waals surface area contributed by atoms with E-state index in [2.05, 4.69) is 18.2 Å². The van der Waals surface area contributed by atoms with Gasteiger partial charge >= 0.3 is 21.6 Å². The maximum absolute atomic E-state index is 11.9. The molecule has 0 heterocycles. The van der Waals surface area contributed by atoms with Gasteiger partial charge in [-0.15, -0.1) is 0 Å². The normalized spacial score (nSPS) is 22.7. The quantitative estimate of drug-likeness (QED) is 0.0533. The number of hydrogen-bond donors (Lipinski definition) is 5. The number of rotatable bonds is 25. The molecule has 12 heteroatoms. The molecule has 39 heavy (non-hydrogen) atoms. The summed E-state index contributed by atoms with van der Waals surface area (Å²) in [6.45, 7) is 4.32. The third-order valence-electron chi connectivity index (χ3n) is 8.32. The van der Waals surface area contributed by atoms with Crippen molar-refractivity contribution in [2.45, 2.75) is 129 Å². The lowest BCUT2D eigenvalue weighted by Gasteiger charge is -2.53. The molecule has 0 bridgehead atoms. The van der Waals surface area contributed by atoms with Crippen molar-refractivity contribution < 1.29 is 47.7 Å². The molecule has 1 aliphatic rings. The smallest absolute Gasteiger partial charge is 0.481 e. The predicted molar refractivity (Wildman–Crippen MR) is 151 cm³/mol. The van der Waals surface area contributed by atoms with Crippen LogP contribution in [0.2, 0.25) is 0 Å². The zero-order valence-electron chi connectivity index (χ0n) is 24.0. The zero-order chi connectivity index (χ0) is 29.4. The highest BCUT2D eigenvalue weighted by atomic mass is 31.3. The highest BCUT2D eigenvalue weighted by molar-refractivity contribution is 7.60. The number of carbonyl (C=O) groups is 1. The number of unbranched alkanes of at least 4 members (excludes halogenated alkanes) is 11. The minimum atomic E-state index is -5.23. The number of carboxylic acid groups (broad SMARTS) is 1. The van der Waals surface area contributed by atoms with Crippen LogP contribution in [-0.4, -0.2) is 44.1 Å². The molecule has 3 unspecified atom stereocenters. The molecule has 0 saturated heterocycles. The average molecular weight is 601 g/mol. The summed E-state index contributed by atoms with van der Waals surface area (Å²) in [5.74, 6) is -1.10. The first kappa shape index (κ1) is 36.7. The van der Waals surface area contributed by atoms with Crippen LogP contribution >= 0.6 is 15.6 Å². The number of aliphatic hydroxyl groups is 1. The fourth-order valence-corrected chi connectivity index (χ4v) is 7.78. The van der Waals surface area contributed by atoms with E-state index in [0.717, 1.165) is 51.4 Å². The number of aliphatic carboxylic acids is 1. The molecule has 1 fully saturated rings. The van der Waals surface area contributed by atoms with Gasteiger partial charge in [-0.1, -0.05) is 90.9 Å². The summed E-state index contributed by atoms with van der Waals surface area (Å²) in [7, 11) is -10.3. The van der Waals surface area contributed by atoms with Crippen molar-refractivity contribution in [3.05, 3.63) is 0 Å². The second-order valence-corrected chi connectivity index (χ2v) is 14.6. The Bertz CT molecular complexity index is 748. The summed E-state index contributed by atoms with van der Waals surface area (Å²) in [4.78, 5) is 38.8. The highest BCUT2D eigenvalue weighted by Crippen LogP contribution is 2.60. The van der Waals surface area contributed by atoms with E-state index in [9.17, 15) is 23.9 Å². The van der Waals surface area contributed by atoms with Crippen LogP contribution in [0.4, 0.5) is 0 Å². The second kappa shape index (κ2) is 19.0. The van der Waals surface area contributed by atoms with Crippen molar-refractivity contribution in [3.63, 3.8) is 0 Å². The van der Waals surface area contributed by atoms with E-state index < -0.39 is 34.1 Å². The first-order valence-electron chi connectivity index (χ1n) is 14.9. The van der Waals surface area contributed by atoms with Crippen LogP contribution in [0, 0.1) is 23.2 Å². The van der Waals surface area contributed by atoms with Gasteiger partial charge < -0.3 is 24.9 Å². The lowest BCUT2D eigenvalue weighted by atomic mass is 9.52. The van der Waals surface area contributed by atoms with Crippen LogP contribution in [0.1, 0.15) is 129 Å². The van der Waals surface area contributed by atoms with Crippen LogP contribution in [0.25, 0.3) is 0 Å². The molecule has 232 valence electrons. The van der Waals surface area contributed by atoms with E-state index in [1.165, 1.54) is 57.8 Å². The number of phosphoric acid groups is 2. The standard InChI is InChI=1S/C27H54O10P2/c1-3-4-5-6-7-10-13-16-25(17-14-11-8-9-12-15-18-28)27(2)20-24(21-27)23(19-26(29)30)22-36-39(34,35)37-38(31,32)33/h23-25,28H,3-22H2,1-2H3,(H,29,30)(H,34,35)(H2,31,32,33). The molecule has 0 spiro atoms. The van der Waals surface area contributed by atoms with Crippen molar-refractivity contribution in [3.8, 4) is 0 Å². The van der Waals surface area contributed by atoms with Crippen molar-refractivity contribution in [1.29, 1.82) is 0 Å². The molecule has 1 rings (SSSR count). The minimum Gasteiger partial charge on any atom is -0.481 e. The molecule has 0 aliphatic heterocycles. The average Bonchev–Trinajstić information content (AvgIpc) is 2.80. The van der Waals surface area contributed by atoms with E-state index in [4.69, 9.17) is 19.4 Å². The highest BCUT2D eigenvalue weighted by Gasteiger charge is 2.48. The number of hydrogen-bond acceptors (Lipinski definition) is 6. The number of phosphoric ester groups is 1. The predicted octanol–water partition coefficient (Wildman–Crippen LogP) is 7.20. The summed E-state index contributed by atoms with van der Waals surface area (Å²) >= 11 is 0. The van der Waals surface area contributed by atoms with Crippen molar-refractivity contribution >= 4 is 21.6 Å². The van der Waals surface area contributed by atoms with Gasteiger partial charge in [-0.25, -0.2) is 9.13 Å². The topological polar surface area (TPSA) is 171 Å². The second-order valence-electron chi connectivity index (χ2n) is 11.8. The van der Waals surface area contributed by atoms with Gasteiger partial charge in [0.25, 0.3) is 0 Å². The molecule has 0 aromatic heterocycles. The third kappa shape index (κ3) is 16.7. The van der Waals surface area contributed by atoms with Gasteiger partial charge in [-0.3, -0.25) is 9.32 Å². The van der Waals surface area contributed by atoms with E-state index in [-0.39, 0.29) is 24.4 Å². The number of carboxylic acids is 1. The van der Waals surface area contributed by atoms with Gasteiger partial charge in [0.05, 0.1) is 13.0 Å². The van der Waals surface area contributed by atoms with Crippen LogP contribution in [0.15, 0.2) is 0 Å². The lowest BCUT2D eigenvalue weighted by Crippen LogP contribution is -2.45. The molecule has 10 nitrogen and oxygen atoms in total. The Balaban J connectivity index is 2.70. The van der Waals surface area contributed by atoms with Gasteiger partial charge in [-0.05, 0) is 55.3 Å². The Morgan fingerprint density at radius 2 is 1.36 bits per heavy atom. The van der Waals surface area contributed by atoms with Gasteiger partial charge in [0.2, 0.25) is 0 Å². The molecule has 0 amide bonds. The Morgan fingerprint density at radius 1 is 0.872 bits per heavy atom. The summed E-state index contributed by atoms with van der Waals surface area (Å²) < 4.78 is 31.5. The van der Waals surface area contributed by atoms with Crippen molar-refractivity contribution in [2.24, 2.45) is 23.2 Å². The Kier molecular flexibility index (Phi) is 17.9. The molecule has 0 aromatic rings. The molecule has 1 aliphatic carbocycles. The summed E-state index contributed by atoms with van der Waals surface area (Å²) in [5, 5.41) is 18.3. The van der Waals surface area contributed by atoms with E-state index >= 15 is 0 Å². The fraction of sp³-hybridized carbons (Fsp3) is 0.963. The largest absolute Gasteiger partial charge is 0.481 e. The maximum atomic E-state index is 11.9. The fourth-order valence-electron chi connectivity index (χ4n) is 6.14. The zero-order valence-corrected chi connectivity index (χ0v) is 25.8. The first-order valence-corrected chi connectivity index (χ1v) is 17.9. The molecule has 0 aromatic carbocycles. The molecule has 0 radical (unpaired) electrons. The molecular weight excluding hydrogens is 546 g/mol. The van der Waals surface area contributed by atoms with Gasteiger partial charge in [0, 0.05) is 6.61 Å². The summed E-state index contributed by atoms with van der Waals surface area (Å²) in [5.41, 5.74) is 0.0613. The van der Waals surface area contributed by atoms with Gasteiger partial charge in [-0.2, -0.15) is 4.31 Å². The van der Waals surface area contributed by atoms with Gasteiger partial charge in [0.15, 0.2) is 0 Å². The van der Waals surface area contributed by atoms with Gasteiger partial charge in [0.1, 0.15) is 0 Å². The van der Waals surface area contributed by atoms with Crippen molar-refractivity contribution in [2.75, 3.05) is 13.2 Å². The third-order valence-corrected chi connectivity index (χ3v) is 10.5. The Hall–Kier alpha value is -0.310. The molecule has 1 saturated carbocycles. The van der Waals surface area contributed by atoms with E-state index in [1.807, 2.05) is 0 Å². The molecular formula is C27H54O10P2. The number of aliphatic hydroxyl groups excluding tert-OH is 1. The summed E-state index contributed by atoms with van der Waals surface area (Å²) in [6, 6.07) is 0. The molecule has 5 N–H and O–H groups in total. The monoisotopic (exact) mass is 600 g/mol. The Morgan fingerprint density at radius 3 is 1.82 bits per heavy atom. The van der Waals surface area contributed by atoms with E-state index in [0.29, 0.717) is 5.92 Å². The Labute approximate surface area is 235 Å². The molecule has 3 atom stereocenters. The SMILES string of the molecule is CCCCCCCCCC(CCCCCCCCO)C1(C)CC(C(COP(=O)(O)OP(=O)(O)O)CC(=O)O)C1. The van der Waals surface area contributed by atoms with Crippen LogP contribution in [0.3, 0.4) is 0 Å². The van der Waals surface area contributed by atoms with Crippen LogP contribution in [-0.2, 0) is 22.8 Å².